The summed E-state index contributed by atoms with van der Waals surface area (Å²) in [4.78, 5) is 6.86. The third kappa shape index (κ3) is 2.59. The van der Waals surface area contributed by atoms with Gasteiger partial charge in [-0.15, -0.1) is 11.6 Å². The van der Waals surface area contributed by atoms with E-state index in [1.54, 1.807) is 0 Å². The van der Waals surface area contributed by atoms with Gasteiger partial charge in [-0.2, -0.15) is 0 Å². The van der Waals surface area contributed by atoms with Crippen LogP contribution in [0.15, 0.2) is 48.7 Å². The van der Waals surface area contributed by atoms with Gasteiger partial charge in [0.1, 0.15) is 5.82 Å². The molecule has 98 valence electrons. The normalized spacial score (nSPS) is 18.8. The maximum Gasteiger partial charge on any atom is 0.132 e. The monoisotopic (exact) mass is 272 g/mol. The molecule has 19 heavy (non-hydrogen) atoms. The Kier molecular flexibility index (Phi) is 3.69. The van der Waals surface area contributed by atoms with Crippen molar-refractivity contribution in [3.63, 3.8) is 0 Å². The largest absolute Gasteiger partial charge is 0.356 e. The number of pyridine rings is 1. The van der Waals surface area contributed by atoms with Crippen LogP contribution in [0.25, 0.3) is 0 Å². The smallest absolute Gasteiger partial charge is 0.132 e. The molecular weight excluding hydrogens is 256 g/mol. The minimum Gasteiger partial charge on any atom is -0.356 e. The van der Waals surface area contributed by atoms with Crippen molar-refractivity contribution < 1.29 is 0 Å². The van der Waals surface area contributed by atoms with Gasteiger partial charge >= 0.3 is 0 Å². The fraction of sp³-hybridized carbons (Fsp3) is 0.312. The van der Waals surface area contributed by atoms with Gasteiger partial charge in [0.25, 0.3) is 0 Å². The molecule has 2 heterocycles. The van der Waals surface area contributed by atoms with Crippen molar-refractivity contribution in [2.24, 2.45) is 0 Å². The predicted molar refractivity (Wildman–Crippen MR) is 79.8 cm³/mol. The zero-order valence-corrected chi connectivity index (χ0v) is 11.6. The van der Waals surface area contributed by atoms with Crippen LogP contribution in [0.1, 0.15) is 23.5 Å². The first-order valence-electron chi connectivity index (χ1n) is 6.68. The molecule has 2 aromatic rings. The van der Waals surface area contributed by atoms with E-state index in [1.807, 2.05) is 12.3 Å². The highest BCUT2D eigenvalue weighted by molar-refractivity contribution is 6.17. The first kappa shape index (κ1) is 12.5. The Morgan fingerprint density at radius 3 is 2.79 bits per heavy atom. The zero-order valence-electron chi connectivity index (χ0n) is 10.8. The Morgan fingerprint density at radius 1 is 1.16 bits per heavy atom. The molecule has 3 rings (SSSR count). The fourth-order valence-electron chi connectivity index (χ4n) is 2.77. The summed E-state index contributed by atoms with van der Waals surface area (Å²) in [6, 6.07) is 14.7. The summed E-state index contributed by atoms with van der Waals surface area (Å²) in [7, 11) is 0. The van der Waals surface area contributed by atoms with Crippen molar-refractivity contribution in [3.8, 4) is 0 Å². The molecule has 1 unspecified atom stereocenters. The average molecular weight is 273 g/mol. The lowest BCUT2D eigenvalue weighted by Gasteiger charge is -2.20. The molecule has 0 N–H and O–H groups in total. The lowest BCUT2D eigenvalue weighted by atomic mass is 9.99. The van der Waals surface area contributed by atoms with Gasteiger partial charge in [-0.05, 0) is 18.1 Å². The van der Waals surface area contributed by atoms with Gasteiger partial charge in [0, 0.05) is 30.8 Å². The number of aromatic nitrogens is 1. The van der Waals surface area contributed by atoms with Gasteiger partial charge in [0.05, 0.1) is 5.88 Å². The predicted octanol–water partition coefficient (Wildman–Crippen LogP) is 3.81. The molecule has 0 bridgehead atoms. The van der Waals surface area contributed by atoms with Crippen LogP contribution in [0.5, 0.6) is 0 Å². The Labute approximate surface area is 119 Å². The first-order valence-corrected chi connectivity index (χ1v) is 7.21. The van der Waals surface area contributed by atoms with Crippen LogP contribution >= 0.6 is 11.6 Å². The first-order chi connectivity index (χ1) is 9.38. The quantitative estimate of drug-likeness (QED) is 0.790. The van der Waals surface area contributed by atoms with E-state index >= 15 is 0 Å². The topological polar surface area (TPSA) is 16.1 Å². The lowest BCUT2D eigenvalue weighted by molar-refractivity contribution is 0.774. The highest BCUT2D eigenvalue weighted by Gasteiger charge is 2.25. The van der Waals surface area contributed by atoms with Gasteiger partial charge in [-0.1, -0.05) is 36.4 Å². The maximum absolute atomic E-state index is 6.00. The van der Waals surface area contributed by atoms with Crippen LogP contribution in [-0.2, 0) is 5.88 Å². The van der Waals surface area contributed by atoms with Crippen LogP contribution < -0.4 is 4.90 Å². The van der Waals surface area contributed by atoms with E-state index in [0.717, 1.165) is 24.5 Å². The summed E-state index contributed by atoms with van der Waals surface area (Å²) >= 11 is 6.00. The number of halogens is 1. The highest BCUT2D eigenvalue weighted by atomic mass is 35.5. The van der Waals surface area contributed by atoms with E-state index in [2.05, 4.69) is 46.3 Å². The van der Waals surface area contributed by atoms with E-state index in [9.17, 15) is 0 Å². The minimum atomic E-state index is 0.523. The standard InChI is InChI=1S/C16H17ClN2/c17-11-14-7-4-9-18-16(14)19-10-8-15(12-19)13-5-2-1-3-6-13/h1-7,9,15H,8,10-12H2. The van der Waals surface area contributed by atoms with Gasteiger partial charge in [0.2, 0.25) is 0 Å². The molecule has 1 fully saturated rings. The third-order valence-electron chi connectivity index (χ3n) is 3.77. The molecule has 1 aliphatic rings. The highest BCUT2D eigenvalue weighted by Crippen LogP contribution is 2.31. The maximum atomic E-state index is 6.00. The third-order valence-corrected chi connectivity index (χ3v) is 4.06. The number of nitrogens with zero attached hydrogens (tertiary/aromatic N) is 2. The van der Waals surface area contributed by atoms with Gasteiger partial charge in [-0.25, -0.2) is 4.98 Å². The second kappa shape index (κ2) is 5.62. The van der Waals surface area contributed by atoms with E-state index in [1.165, 1.54) is 12.0 Å². The Balaban J connectivity index is 1.79. The molecule has 1 aliphatic heterocycles. The Bertz CT molecular complexity index is 541. The lowest BCUT2D eigenvalue weighted by Crippen LogP contribution is -2.21. The van der Waals surface area contributed by atoms with E-state index in [-0.39, 0.29) is 0 Å². The fourth-order valence-corrected chi connectivity index (χ4v) is 2.98. The molecule has 0 amide bonds. The number of hydrogen-bond acceptors (Lipinski definition) is 2. The van der Waals surface area contributed by atoms with Crippen molar-refractivity contribution >= 4 is 17.4 Å². The van der Waals surface area contributed by atoms with Crippen LogP contribution in [0.4, 0.5) is 5.82 Å². The number of rotatable bonds is 3. The molecule has 2 nitrogen and oxygen atoms in total. The molecule has 0 saturated carbocycles. The summed E-state index contributed by atoms with van der Waals surface area (Å²) in [5.74, 6) is 2.18. The summed E-state index contributed by atoms with van der Waals surface area (Å²) in [5, 5.41) is 0. The van der Waals surface area contributed by atoms with E-state index in [0.29, 0.717) is 11.8 Å². The van der Waals surface area contributed by atoms with Gasteiger partial charge in [-0.3, -0.25) is 0 Å². The van der Waals surface area contributed by atoms with Crippen molar-refractivity contribution in [2.45, 2.75) is 18.2 Å². The number of benzene rings is 1. The summed E-state index contributed by atoms with van der Waals surface area (Å²) in [6.07, 6.45) is 3.03. The minimum absolute atomic E-state index is 0.523. The van der Waals surface area contributed by atoms with Crippen molar-refractivity contribution in [2.75, 3.05) is 18.0 Å². The Morgan fingerprint density at radius 2 is 2.00 bits per heavy atom. The van der Waals surface area contributed by atoms with E-state index in [4.69, 9.17) is 11.6 Å². The number of anilines is 1. The van der Waals surface area contributed by atoms with Gasteiger partial charge < -0.3 is 4.90 Å². The molecule has 1 atom stereocenters. The molecule has 0 radical (unpaired) electrons. The molecular formula is C16H17ClN2. The Hall–Kier alpha value is -1.54. The second-order valence-corrected chi connectivity index (χ2v) is 5.23. The van der Waals surface area contributed by atoms with Crippen LogP contribution in [0.3, 0.4) is 0 Å². The van der Waals surface area contributed by atoms with Crippen LogP contribution in [-0.4, -0.2) is 18.1 Å². The van der Waals surface area contributed by atoms with E-state index < -0.39 is 0 Å². The van der Waals surface area contributed by atoms with Crippen LogP contribution in [0, 0.1) is 0 Å². The summed E-state index contributed by atoms with van der Waals surface area (Å²) in [6.45, 7) is 2.09. The number of alkyl halides is 1. The second-order valence-electron chi connectivity index (χ2n) is 4.96. The summed E-state index contributed by atoms with van der Waals surface area (Å²) in [5.41, 5.74) is 2.55. The number of hydrogen-bond donors (Lipinski definition) is 0. The molecule has 0 spiro atoms. The summed E-state index contributed by atoms with van der Waals surface area (Å²) < 4.78 is 0. The van der Waals surface area contributed by atoms with Gasteiger partial charge in [0.15, 0.2) is 0 Å². The molecule has 0 aliphatic carbocycles. The molecule has 1 aromatic carbocycles. The molecule has 1 saturated heterocycles. The zero-order chi connectivity index (χ0) is 13.1. The molecule has 3 heteroatoms. The average Bonchev–Trinajstić information content (AvgIpc) is 2.98. The van der Waals surface area contributed by atoms with Crippen molar-refractivity contribution in [3.05, 3.63) is 59.8 Å². The van der Waals surface area contributed by atoms with Crippen molar-refractivity contribution in [1.29, 1.82) is 0 Å². The van der Waals surface area contributed by atoms with Crippen LogP contribution in [0.2, 0.25) is 0 Å². The SMILES string of the molecule is ClCc1cccnc1N1CCC(c2ccccc2)C1. The van der Waals surface area contributed by atoms with Crippen molar-refractivity contribution in [1.82, 2.24) is 4.98 Å². The molecule has 1 aromatic heterocycles.